The van der Waals surface area contributed by atoms with E-state index in [-0.39, 0.29) is 10.7 Å². The Balaban J connectivity index is 1.72. The lowest BCUT2D eigenvalue weighted by Crippen LogP contribution is -2.45. The van der Waals surface area contributed by atoms with E-state index in [1.807, 2.05) is 58.9 Å². The third-order valence-electron chi connectivity index (χ3n) is 7.63. The Morgan fingerprint density at radius 1 is 0.842 bits per heavy atom. The fourth-order valence-electron chi connectivity index (χ4n) is 5.44. The van der Waals surface area contributed by atoms with E-state index in [1.165, 1.54) is 0 Å². The summed E-state index contributed by atoms with van der Waals surface area (Å²) in [5.74, 6) is 0. The number of aryl methyl sites for hydroxylation is 5. The van der Waals surface area contributed by atoms with E-state index in [1.54, 1.807) is 30.3 Å². The van der Waals surface area contributed by atoms with Crippen molar-refractivity contribution < 1.29 is 23.6 Å². The van der Waals surface area contributed by atoms with Crippen LogP contribution >= 0.6 is 7.14 Å². The Hall–Kier alpha value is -2.85. The van der Waals surface area contributed by atoms with Crippen molar-refractivity contribution in [1.29, 1.82) is 0 Å². The van der Waals surface area contributed by atoms with Gasteiger partial charge >= 0.3 is 0 Å². The van der Waals surface area contributed by atoms with Crippen LogP contribution < -0.4 is 5.30 Å². The summed E-state index contributed by atoms with van der Waals surface area (Å²) in [6.07, 6.45) is 1.00. The van der Waals surface area contributed by atoms with Crippen molar-refractivity contribution >= 4 is 23.5 Å². The van der Waals surface area contributed by atoms with Gasteiger partial charge in [-0.05, 0) is 68.9 Å². The lowest BCUT2D eigenvalue weighted by molar-refractivity contribution is -0.152. The number of carbonyl (C=O) groups excluding carboxylic acids is 2. The van der Waals surface area contributed by atoms with Crippen LogP contribution in [0.1, 0.15) is 67.4 Å². The molecular formula is C32H37O5P. The predicted molar refractivity (Wildman–Crippen MR) is 152 cm³/mol. The summed E-state index contributed by atoms with van der Waals surface area (Å²) in [6.45, 7) is 13.9. The van der Waals surface area contributed by atoms with Crippen LogP contribution in [-0.4, -0.2) is 30.9 Å². The average molecular weight is 533 g/mol. The van der Waals surface area contributed by atoms with Crippen molar-refractivity contribution in [3.8, 4) is 0 Å². The molecular weight excluding hydrogens is 495 g/mol. The van der Waals surface area contributed by atoms with Crippen molar-refractivity contribution in [2.75, 3.05) is 19.8 Å². The maximum absolute atomic E-state index is 14.8. The summed E-state index contributed by atoms with van der Waals surface area (Å²) in [7, 11) is -4.20. The summed E-state index contributed by atoms with van der Waals surface area (Å²) in [4.78, 5) is 28.3. The number of carbonyl (C=O) groups is 2. The van der Waals surface area contributed by atoms with Crippen LogP contribution in [-0.2, 0) is 20.6 Å². The molecule has 0 bridgehead atoms. The van der Waals surface area contributed by atoms with Gasteiger partial charge in [-0.3, -0.25) is 9.59 Å². The minimum Gasteiger partial charge on any atom is -0.380 e. The summed E-state index contributed by atoms with van der Waals surface area (Å²) in [6, 6.07) is 16.0. The van der Waals surface area contributed by atoms with Gasteiger partial charge in [0.25, 0.3) is 0 Å². The molecule has 0 aromatic heterocycles. The fraction of sp³-hybridized carbons (Fsp3) is 0.375. The maximum atomic E-state index is 14.8. The molecule has 1 heterocycles. The molecule has 1 saturated heterocycles. The molecule has 1 atom stereocenters. The maximum Gasteiger partial charge on any atom is 0.248 e. The first kappa shape index (κ1) is 28.2. The monoisotopic (exact) mass is 532 g/mol. The molecule has 0 saturated carbocycles. The van der Waals surface area contributed by atoms with Gasteiger partial charge in [-0.15, -0.1) is 0 Å². The number of hydrogen-bond donors (Lipinski definition) is 0. The molecule has 0 radical (unpaired) electrons. The van der Waals surface area contributed by atoms with Crippen LogP contribution in [0.25, 0.3) is 0 Å². The van der Waals surface area contributed by atoms with Crippen LogP contribution in [0.3, 0.4) is 0 Å². The van der Waals surface area contributed by atoms with Gasteiger partial charge in [-0.25, -0.2) is 0 Å². The lowest BCUT2D eigenvalue weighted by Gasteiger charge is -2.40. The second-order valence-electron chi connectivity index (χ2n) is 10.8. The highest BCUT2D eigenvalue weighted by Crippen LogP contribution is 2.52. The topological polar surface area (TPSA) is 69.7 Å². The predicted octanol–water partition coefficient (Wildman–Crippen LogP) is 6.84. The fourth-order valence-corrected chi connectivity index (χ4v) is 8.02. The van der Waals surface area contributed by atoms with Gasteiger partial charge in [0.15, 0.2) is 0 Å². The van der Waals surface area contributed by atoms with Crippen LogP contribution in [0.2, 0.25) is 0 Å². The first-order valence-electron chi connectivity index (χ1n) is 13.1. The molecule has 200 valence electrons. The van der Waals surface area contributed by atoms with Crippen molar-refractivity contribution in [2.45, 2.75) is 54.6 Å². The normalized spacial score (nSPS) is 15.9. The molecule has 5 nitrogen and oxygen atoms in total. The zero-order valence-electron chi connectivity index (χ0n) is 23.2. The molecule has 38 heavy (non-hydrogen) atoms. The molecule has 3 aromatic rings. The molecule has 3 aromatic carbocycles. The summed E-state index contributed by atoms with van der Waals surface area (Å²) in [5.41, 5.74) is 4.34. The van der Waals surface area contributed by atoms with Crippen molar-refractivity contribution in [2.24, 2.45) is 5.41 Å². The molecule has 1 unspecified atom stereocenters. The lowest BCUT2D eigenvalue weighted by atomic mass is 9.84. The van der Waals surface area contributed by atoms with E-state index in [9.17, 15) is 14.2 Å². The Kier molecular flexibility index (Phi) is 8.23. The minimum atomic E-state index is -4.20. The summed E-state index contributed by atoms with van der Waals surface area (Å²) >= 11 is 0. The third-order valence-corrected chi connectivity index (χ3v) is 10.2. The Morgan fingerprint density at radius 2 is 1.34 bits per heavy atom. The molecule has 1 aliphatic rings. The van der Waals surface area contributed by atoms with E-state index in [0.717, 1.165) is 41.9 Å². The first-order valence-corrected chi connectivity index (χ1v) is 14.8. The zero-order chi connectivity index (χ0) is 27.7. The van der Waals surface area contributed by atoms with E-state index in [2.05, 4.69) is 6.92 Å². The van der Waals surface area contributed by atoms with Gasteiger partial charge in [0.05, 0.1) is 26.4 Å². The molecule has 6 heteroatoms. The van der Waals surface area contributed by atoms with Crippen LogP contribution in [0.5, 0.6) is 0 Å². The molecule has 1 aliphatic heterocycles. The van der Waals surface area contributed by atoms with Crippen molar-refractivity contribution in [3.63, 3.8) is 0 Å². The smallest absolute Gasteiger partial charge is 0.248 e. The van der Waals surface area contributed by atoms with Crippen LogP contribution in [0.15, 0.2) is 54.6 Å². The highest BCUT2D eigenvalue weighted by atomic mass is 31.2. The Labute approximate surface area is 225 Å². The van der Waals surface area contributed by atoms with Crippen LogP contribution in [0, 0.1) is 40.0 Å². The number of rotatable bonds is 10. The average Bonchev–Trinajstić information content (AvgIpc) is 2.84. The van der Waals surface area contributed by atoms with Crippen molar-refractivity contribution in [1.82, 2.24) is 0 Å². The molecule has 1 fully saturated rings. The van der Waals surface area contributed by atoms with E-state index in [4.69, 9.17) is 9.47 Å². The Morgan fingerprint density at radius 3 is 1.79 bits per heavy atom. The van der Waals surface area contributed by atoms with Gasteiger partial charge in [0.2, 0.25) is 18.2 Å². The SMILES string of the molecule is CCC1(COCc2cc(C)c(C(=O)P(=O)(C(=O)c3c(C)cc(C)cc3C)c3ccccc3)c(C)c2)COC1. The van der Waals surface area contributed by atoms with E-state index in [0.29, 0.717) is 35.5 Å². The van der Waals surface area contributed by atoms with Crippen LogP contribution in [0.4, 0.5) is 0 Å². The van der Waals surface area contributed by atoms with Gasteiger partial charge < -0.3 is 14.0 Å². The largest absolute Gasteiger partial charge is 0.380 e. The zero-order valence-corrected chi connectivity index (χ0v) is 24.1. The third kappa shape index (κ3) is 5.20. The number of hydrogen-bond acceptors (Lipinski definition) is 5. The van der Waals surface area contributed by atoms with Gasteiger partial charge in [0.1, 0.15) is 0 Å². The van der Waals surface area contributed by atoms with Crippen molar-refractivity contribution in [3.05, 3.63) is 99.1 Å². The number of benzene rings is 3. The highest BCUT2D eigenvalue weighted by Gasteiger charge is 2.44. The molecule has 0 amide bonds. The van der Waals surface area contributed by atoms with Gasteiger partial charge in [-0.2, -0.15) is 0 Å². The standard InChI is InChI=1S/C32H37O5P/c1-7-32(19-37-20-32)18-36-17-26-15-24(5)29(25(6)16-26)31(34)38(35,27-11-9-8-10-12-27)30(33)28-22(3)13-21(2)14-23(28)4/h8-16H,7,17-20H2,1-6H3. The second kappa shape index (κ2) is 11.1. The Bertz CT molecular complexity index is 1370. The molecule has 0 aliphatic carbocycles. The quantitative estimate of drug-likeness (QED) is 0.267. The minimum absolute atomic E-state index is 0.0922. The molecule has 4 rings (SSSR count). The van der Waals surface area contributed by atoms with Gasteiger partial charge in [0, 0.05) is 21.8 Å². The molecule has 0 N–H and O–H groups in total. The van der Waals surface area contributed by atoms with Gasteiger partial charge in [-0.1, -0.05) is 67.1 Å². The van der Waals surface area contributed by atoms with E-state index >= 15 is 0 Å². The molecule has 0 spiro atoms. The summed E-state index contributed by atoms with van der Waals surface area (Å²) in [5, 5.41) is 0.258. The second-order valence-corrected chi connectivity index (χ2v) is 13.3. The van der Waals surface area contributed by atoms with E-state index < -0.39 is 18.2 Å². The number of ether oxygens (including phenoxy) is 2. The highest BCUT2D eigenvalue weighted by molar-refractivity contribution is 8.01. The first-order chi connectivity index (χ1) is 18.0. The summed E-state index contributed by atoms with van der Waals surface area (Å²) < 4.78 is 26.2.